The lowest BCUT2D eigenvalue weighted by atomic mass is 10.1. The maximum atomic E-state index is 11.7. The van der Waals surface area contributed by atoms with Gasteiger partial charge in [0.2, 0.25) is 5.91 Å². The van der Waals surface area contributed by atoms with Crippen molar-refractivity contribution in [3.8, 4) is 27.6 Å². The molecule has 0 aliphatic heterocycles. The van der Waals surface area contributed by atoms with Crippen LogP contribution in [-0.2, 0) is 0 Å². The van der Waals surface area contributed by atoms with Crippen LogP contribution in [0.5, 0.6) is 5.75 Å². The Hall–Kier alpha value is -2.08. The molecule has 2 N–H and O–H groups in total. The van der Waals surface area contributed by atoms with Crippen molar-refractivity contribution in [2.24, 2.45) is 5.73 Å². The summed E-state index contributed by atoms with van der Waals surface area (Å²) in [6, 6.07) is 10.3. The van der Waals surface area contributed by atoms with Crippen molar-refractivity contribution in [3.05, 3.63) is 57.4 Å². The molecule has 3 rings (SSSR count). The topological polar surface area (TPSA) is 65.2 Å². The molecule has 4 nitrogen and oxygen atoms in total. The van der Waals surface area contributed by atoms with Crippen LogP contribution in [0.2, 0.25) is 10.0 Å². The van der Waals surface area contributed by atoms with Gasteiger partial charge in [-0.15, -0.1) is 11.3 Å². The van der Waals surface area contributed by atoms with Gasteiger partial charge in [0.25, 0.3) is 0 Å². The van der Waals surface area contributed by atoms with Gasteiger partial charge in [-0.3, -0.25) is 4.79 Å². The minimum absolute atomic E-state index is 0.388. The predicted octanol–water partition coefficient (Wildman–Crippen LogP) is 4.89. The van der Waals surface area contributed by atoms with Gasteiger partial charge in [0, 0.05) is 27.1 Å². The van der Waals surface area contributed by atoms with Gasteiger partial charge >= 0.3 is 0 Å². The first-order valence-corrected chi connectivity index (χ1v) is 8.52. The van der Waals surface area contributed by atoms with E-state index >= 15 is 0 Å². The van der Waals surface area contributed by atoms with Gasteiger partial charge < -0.3 is 10.5 Å². The Balaban J connectivity index is 2.09. The molecule has 0 aliphatic carbocycles. The molecule has 0 atom stereocenters. The highest BCUT2D eigenvalue weighted by Gasteiger charge is 2.16. The van der Waals surface area contributed by atoms with Crippen LogP contribution < -0.4 is 10.5 Å². The molecule has 0 saturated heterocycles. The average Bonchev–Trinajstić information content (AvgIpc) is 3.03. The quantitative estimate of drug-likeness (QED) is 0.702. The number of primary amides is 1. The number of amides is 1. The van der Waals surface area contributed by atoms with Gasteiger partial charge in [0.1, 0.15) is 10.8 Å². The molecule has 122 valence electrons. The third-order valence-corrected chi connectivity index (χ3v) is 4.86. The molecule has 0 saturated carbocycles. The van der Waals surface area contributed by atoms with E-state index in [1.807, 2.05) is 11.4 Å². The summed E-state index contributed by atoms with van der Waals surface area (Å²) in [5.74, 6) is 0.102. The number of carbonyl (C=O) groups is 1. The maximum Gasteiger partial charge on any atom is 0.249 e. The number of nitrogens with two attached hydrogens (primary N) is 1. The smallest absolute Gasteiger partial charge is 0.249 e. The third kappa shape index (κ3) is 3.24. The zero-order chi connectivity index (χ0) is 17.3. The first-order valence-electron chi connectivity index (χ1n) is 6.88. The second-order valence-corrected chi connectivity index (χ2v) is 6.64. The molecular formula is C17H12Cl2N2O2S. The predicted molar refractivity (Wildman–Crippen MR) is 98.1 cm³/mol. The highest BCUT2D eigenvalue weighted by atomic mass is 35.5. The van der Waals surface area contributed by atoms with Gasteiger partial charge in [-0.1, -0.05) is 23.2 Å². The molecule has 0 bridgehead atoms. The summed E-state index contributed by atoms with van der Waals surface area (Å²) in [6.45, 7) is 0. The molecule has 3 aromatic rings. The van der Waals surface area contributed by atoms with Gasteiger partial charge in [0.15, 0.2) is 0 Å². The fraction of sp³-hybridized carbons (Fsp3) is 0.0588. The molecule has 0 fully saturated rings. The minimum Gasteiger partial charge on any atom is -0.497 e. The van der Waals surface area contributed by atoms with Crippen LogP contribution in [-0.4, -0.2) is 18.0 Å². The van der Waals surface area contributed by atoms with Gasteiger partial charge in [-0.2, -0.15) is 0 Å². The van der Waals surface area contributed by atoms with E-state index in [1.165, 1.54) is 11.3 Å². The van der Waals surface area contributed by atoms with E-state index in [1.54, 1.807) is 37.4 Å². The van der Waals surface area contributed by atoms with Crippen LogP contribution in [0.15, 0.2) is 41.8 Å². The monoisotopic (exact) mass is 378 g/mol. The second kappa shape index (κ2) is 6.81. The molecular weight excluding hydrogens is 367 g/mol. The number of thiazole rings is 1. The van der Waals surface area contributed by atoms with Crippen molar-refractivity contribution in [3.63, 3.8) is 0 Å². The molecule has 0 unspecified atom stereocenters. The highest BCUT2D eigenvalue weighted by molar-refractivity contribution is 7.13. The lowest BCUT2D eigenvalue weighted by Gasteiger charge is -2.07. The number of ether oxygens (including phenoxy) is 1. The number of hydrogen-bond acceptors (Lipinski definition) is 4. The van der Waals surface area contributed by atoms with Crippen LogP contribution in [0.25, 0.3) is 21.8 Å². The van der Waals surface area contributed by atoms with Gasteiger partial charge in [0.05, 0.1) is 17.8 Å². The summed E-state index contributed by atoms with van der Waals surface area (Å²) in [4.78, 5) is 16.3. The zero-order valence-corrected chi connectivity index (χ0v) is 14.9. The summed E-state index contributed by atoms with van der Waals surface area (Å²) in [6.07, 6.45) is 0. The molecule has 1 amide bonds. The first kappa shape index (κ1) is 16.8. The third-order valence-electron chi connectivity index (χ3n) is 3.43. The Morgan fingerprint density at radius 3 is 2.62 bits per heavy atom. The molecule has 7 heteroatoms. The maximum absolute atomic E-state index is 11.7. The number of benzene rings is 2. The number of hydrogen-bond donors (Lipinski definition) is 1. The number of aromatic nitrogens is 1. The summed E-state index contributed by atoms with van der Waals surface area (Å²) < 4.78 is 5.22. The van der Waals surface area contributed by atoms with E-state index in [4.69, 9.17) is 33.7 Å². The van der Waals surface area contributed by atoms with Crippen molar-refractivity contribution < 1.29 is 9.53 Å². The second-order valence-electron chi connectivity index (χ2n) is 4.94. The van der Waals surface area contributed by atoms with Crippen LogP contribution in [0, 0.1) is 0 Å². The van der Waals surface area contributed by atoms with Crippen molar-refractivity contribution >= 4 is 40.4 Å². The molecule has 1 aromatic heterocycles. The van der Waals surface area contributed by atoms with E-state index in [0.717, 1.165) is 5.56 Å². The summed E-state index contributed by atoms with van der Waals surface area (Å²) in [5, 5.41) is 3.60. The van der Waals surface area contributed by atoms with Crippen molar-refractivity contribution in [2.75, 3.05) is 7.11 Å². The fourth-order valence-electron chi connectivity index (χ4n) is 2.26. The van der Waals surface area contributed by atoms with Gasteiger partial charge in [-0.25, -0.2) is 4.98 Å². The summed E-state index contributed by atoms with van der Waals surface area (Å²) in [7, 11) is 1.56. The summed E-state index contributed by atoms with van der Waals surface area (Å²) >= 11 is 13.6. The van der Waals surface area contributed by atoms with E-state index in [0.29, 0.717) is 37.6 Å². The number of methoxy groups -OCH3 is 1. The molecule has 0 aliphatic rings. The van der Waals surface area contributed by atoms with Crippen molar-refractivity contribution in [1.29, 1.82) is 0 Å². The number of nitrogens with zero attached hydrogens (tertiary/aromatic N) is 1. The molecule has 0 radical (unpaired) electrons. The van der Waals surface area contributed by atoms with Crippen molar-refractivity contribution in [1.82, 2.24) is 4.98 Å². The minimum atomic E-state index is -0.520. The van der Waals surface area contributed by atoms with E-state index in [9.17, 15) is 4.79 Å². The Morgan fingerprint density at radius 1 is 1.17 bits per heavy atom. The standard InChI is InChI=1S/C17H12Cl2N2O2S/c1-23-10-3-5-11(16(20)22)13(7-10)17-21-15(8-24-17)12-4-2-9(18)6-14(12)19/h2-8H,1H3,(H2,20,22). The van der Waals surface area contributed by atoms with Crippen LogP contribution in [0.3, 0.4) is 0 Å². The van der Waals surface area contributed by atoms with E-state index in [2.05, 4.69) is 4.98 Å². The lowest BCUT2D eigenvalue weighted by Crippen LogP contribution is -2.12. The molecule has 0 spiro atoms. The number of halogens is 2. The molecule has 24 heavy (non-hydrogen) atoms. The van der Waals surface area contributed by atoms with Gasteiger partial charge in [-0.05, 0) is 36.4 Å². The Kier molecular flexibility index (Phi) is 4.76. The highest BCUT2D eigenvalue weighted by Crippen LogP contribution is 2.36. The fourth-order valence-corrected chi connectivity index (χ4v) is 3.62. The van der Waals surface area contributed by atoms with Crippen LogP contribution in [0.1, 0.15) is 10.4 Å². The number of rotatable bonds is 4. The zero-order valence-electron chi connectivity index (χ0n) is 12.5. The molecule has 2 aromatic carbocycles. The Morgan fingerprint density at radius 2 is 1.96 bits per heavy atom. The van der Waals surface area contributed by atoms with Crippen LogP contribution in [0.4, 0.5) is 0 Å². The van der Waals surface area contributed by atoms with Crippen LogP contribution >= 0.6 is 34.5 Å². The van der Waals surface area contributed by atoms with Crippen molar-refractivity contribution in [2.45, 2.75) is 0 Å². The summed E-state index contributed by atoms with van der Waals surface area (Å²) in [5.41, 5.74) is 7.95. The largest absolute Gasteiger partial charge is 0.497 e. The van der Waals surface area contributed by atoms with E-state index in [-0.39, 0.29) is 0 Å². The normalized spacial score (nSPS) is 10.6. The average molecular weight is 379 g/mol. The first-order chi connectivity index (χ1) is 11.5. The number of carbonyl (C=O) groups excluding carboxylic acids is 1. The molecule has 1 heterocycles. The lowest BCUT2D eigenvalue weighted by molar-refractivity contribution is 0.100. The Labute approximate surface area is 152 Å². The van der Waals surface area contributed by atoms with E-state index < -0.39 is 5.91 Å². The Bertz CT molecular complexity index is 925. The SMILES string of the molecule is COc1ccc(C(N)=O)c(-c2nc(-c3ccc(Cl)cc3Cl)cs2)c1.